The maximum absolute atomic E-state index is 9.99. The molecule has 0 atom stereocenters. The number of hydrogen-bond donors (Lipinski definition) is 1. The summed E-state index contributed by atoms with van der Waals surface area (Å²) in [6.45, 7) is 3.07. The summed E-state index contributed by atoms with van der Waals surface area (Å²) >= 11 is 0. The molecular weight excluding hydrogens is 130 g/mol. The van der Waals surface area contributed by atoms with Crippen LogP contribution < -0.4 is 5.73 Å². The van der Waals surface area contributed by atoms with Crippen molar-refractivity contribution in [1.29, 1.82) is 0 Å². The Labute approximate surface area is 53.9 Å². The molecule has 0 aromatic heterocycles. The molecule has 0 aromatic rings. The number of carbonyl (C=O) groups excluding carboxylic acids is 1. The molecule has 0 heterocycles. The normalized spacial score (nSPS) is 6.62. The van der Waals surface area contributed by atoms with Crippen molar-refractivity contribution in [2.45, 2.75) is 0 Å². The molecular formula is C4H8ClNO2. The van der Waals surface area contributed by atoms with Gasteiger partial charge >= 0.3 is 5.97 Å². The Morgan fingerprint density at radius 2 is 2.38 bits per heavy atom. The standard InChI is InChI=1S/C4H7NO2.ClH/c1-2-4(6)7-3-5;/h2H,1,3,5H2;1H. The molecule has 0 aliphatic carbocycles. The number of nitrogens with two attached hydrogens (primary N) is 1. The number of hydrogen-bond acceptors (Lipinski definition) is 3. The van der Waals surface area contributed by atoms with Gasteiger partial charge in [0.25, 0.3) is 0 Å². The number of rotatable bonds is 2. The predicted octanol–water partition coefficient (Wildman–Crippen LogP) is 0.0536. The average Bonchev–Trinajstić information content (AvgIpc) is 1.68. The smallest absolute Gasteiger partial charge is 0.331 e. The van der Waals surface area contributed by atoms with Crippen molar-refractivity contribution < 1.29 is 9.53 Å². The average molecular weight is 138 g/mol. The molecule has 8 heavy (non-hydrogen) atoms. The van der Waals surface area contributed by atoms with E-state index in [4.69, 9.17) is 5.73 Å². The van der Waals surface area contributed by atoms with E-state index in [1.165, 1.54) is 0 Å². The number of halogens is 1. The van der Waals surface area contributed by atoms with E-state index in [1.807, 2.05) is 0 Å². The molecule has 0 saturated heterocycles. The summed E-state index contributed by atoms with van der Waals surface area (Å²) in [6.07, 6.45) is 1.06. The Morgan fingerprint density at radius 1 is 1.88 bits per heavy atom. The van der Waals surface area contributed by atoms with E-state index in [0.717, 1.165) is 6.08 Å². The maximum atomic E-state index is 9.99. The van der Waals surface area contributed by atoms with Crippen LogP contribution in [-0.4, -0.2) is 12.7 Å². The summed E-state index contributed by atoms with van der Waals surface area (Å²) in [7, 11) is 0. The molecule has 0 unspecified atom stereocenters. The van der Waals surface area contributed by atoms with Crippen molar-refractivity contribution in [1.82, 2.24) is 0 Å². The fraction of sp³-hybridized carbons (Fsp3) is 0.250. The fourth-order valence-electron chi connectivity index (χ4n) is 0.141. The van der Waals surface area contributed by atoms with Crippen LogP contribution in [-0.2, 0) is 9.53 Å². The Balaban J connectivity index is 0. The summed E-state index contributed by atoms with van der Waals surface area (Å²) in [5, 5.41) is 0. The van der Waals surface area contributed by atoms with Crippen LogP contribution in [0.5, 0.6) is 0 Å². The molecule has 0 amide bonds. The van der Waals surface area contributed by atoms with Crippen molar-refractivity contribution in [2.24, 2.45) is 5.73 Å². The quantitative estimate of drug-likeness (QED) is 0.333. The lowest BCUT2D eigenvalue weighted by molar-refractivity contribution is -0.137. The van der Waals surface area contributed by atoms with Gasteiger partial charge in [0.15, 0.2) is 0 Å². The molecule has 0 radical (unpaired) electrons. The van der Waals surface area contributed by atoms with Crippen LogP contribution in [0.3, 0.4) is 0 Å². The van der Waals surface area contributed by atoms with Gasteiger partial charge in [0, 0.05) is 6.08 Å². The molecule has 0 fully saturated rings. The fourth-order valence-corrected chi connectivity index (χ4v) is 0.141. The first-order valence-corrected chi connectivity index (χ1v) is 1.80. The largest absolute Gasteiger partial charge is 0.447 e. The van der Waals surface area contributed by atoms with Gasteiger partial charge in [0.2, 0.25) is 0 Å². The molecule has 4 heteroatoms. The van der Waals surface area contributed by atoms with E-state index in [0.29, 0.717) is 0 Å². The van der Waals surface area contributed by atoms with Crippen molar-refractivity contribution >= 4 is 18.4 Å². The highest BCUT2D eigenvalue weighted by atomic mass is 35.5. The van der Waals surface area contributed by atoms with Gasteiger partial charge in [-0.05, 0) is 0 Å². The second kappa shape index (κ2) is 6.46. The highest BCUT2D eigenvalue weighted by Gasteiger charge is 1.86. The summed E-state index contributed by atoms with van der Waals surface area (Å²) in [5.74, 6) is -0.484. The monoisotopic (exact) mass is 137 g/mol. The third kappa shape index (κ3) is 5.46. The Kier molecular flexibility index (Phi) is 8.43. The highest BCUT2D eigenvalue weighted by molar-refractivity contribution is 5.85. The second-order valence-corrected chi connectivity index (χ2v) is 0.834. The van der Waals surface area contributed by atoms with Gasteiger partial charge < -0.3 is 4.74 Å². The third-order valence-corrected chi connectivity index (χ3v) is 0.392. The molecule has 0 saturated carbocycles. The van der Waals surface area contributed by atoms with E-state index in [1.54, 1.807) is 0 Å². The first-order chi connectivity index (χ1) is 3.31. The van der Waals surface area contributed by atoms with E-state index in [9.17, 15) is 4.79 Å². The van der Waals surface area contributed by atoms with Crippen LogP contribution in [0.1, 0.15) is 0 Å². The van der Waals surface area contributed by atoms with Crippen LogP contribution in [0, 0.1) is 0 Å². The van der Waals surface area contributed by atoms with Crippen LogP contribution in [0.15, 0.2) is 12.7 Å². The molecule has 0 rings (SSSR count). The first-order valence-electron chi connectivity index (χ1n) is 1.80. The maximum Gasteiger partial charge on any atom is 0.331 e. The first kappa shape index (κ1) is 10.4. The van der Waals surface area contributed by atoms with E-state index < -0.39 is 5.97 Å². The van der Waals surface area contributed by atoms with Gasteiger partial charge in [0.1, 0.15) is 6.73 Å². The third-order valence-electron chi connectivity index (χ3n) is 0.392. The van der Waals surface area contributed by atoms with Crippen molar-refractivity contribution in [3.05, 3.63) is 12.7 Å². The lowest BCUT2D eigenvalue weighted by Crippen LogP contribution is -2.08. The number of carbonyl (C=O) groups is 1. The predicted molar refractivity (Wildman–Crippen MR) is 32.6 cm³/mol. The zero-order valence-corrected chi connectivity index (χ0v) is 5.11. The molecule has 48 valence electrons. The van der Waals surface area contributed by atoms with Crippen LogP contribution in [0.4, 0.5) is 0 Å². The van der Waals surface area contributed by atoms with Crippen molar-refractivity contribution in [2.75, 3.05) is 6.73 Å². The van der Waals surface area contributed by atoms with Gasteiger partial charge in [0.05, 0.1) is 0 Å². The van der Waals surface area contributed by atoms with E-state index in [2.05, 4.69) is 11.3 Å². The molecule has 0 aromatic carbocycles. The summed E-state index contributed by atoms with van der Waals surface area (Å²) in [5.41, 5.74) is 4.81. The van der Waals surface area contributed by atoms with Gasteiger partial charge in [-0.25, -0.2) is 4.79 Å². The summed E-state index contributed by atoms with van der Waals surface area (Å²) in [4.78, 5) is 9.99. The minimum absolute atomic E-state index is 0. The number of esters is 1. The topological polar surface area (TPSA) is 52.3 Å². The molecule has 3 nitrogen and oxygen atoms in total. The van der Waals surface area contributed by atoms with Crippen LogP contribution in [0.2, 0.25) is 0 Å². The van der Waals surface area contributed by atoms with Gasteiger partial charge in [-0.2, -0.15) is 0 Å². The zero-order chi connectivity index (χ0) is 5.70. The van der Waals surface area contributed by atoms with Gasteiger partial charge in [-0.1, -0.05) is 6.58 Å². The minimum atomic E-state index is -0.484. The van der Waals surface area contributed by atoms with Gasteiger partial charge in [-0.15, -0.1) is 12.4 Å². The SMILES string of the molecule is C=CC(=O)OCN.Cl. The Morgan fingerprint density at radius 3 is 2.50 bits per heavy atom. The lowest BCUT2D eigenvalue weighted by Gasteiger charge is -1.90. The molecule has 2 N–H and O–H groups in total. The van der Waals surface area contributed by atoms with E-state index >= 15 is 0 Å². The lowest BCUT2D eigenvalue weighted by atomic mass is 10.7. The van der Waals surface area contributed by atoms with E-state index in [-0.39, 0.29) is 19.1 Å². The van der Waals surface area contributed by atoms with Crippen molar-refractivity contribution in [3.8, 4) is 0 Å². The summed E-state index contributed by atoms with van der Waals surface area (Å²) < 4.78 is 4.21. The molecule has 0 spiro atoms. The van der Waals surface area contributed by atoms with Crippen LogP contribution >= 0.6 is 12.4 Å². The Bertz CT molecular complexity index is 84.1. The highest BCUT2D eigenvalue weighted by Crippen LogP contribution is 1.70. The zero-order valence-electron chi connectivity index (χ0n) is 4.29. The summed E-state index contributed by atoms with van der Waals surface area (Å²) in [6, 6.07) is 0. The molecule has 0 aliphatic rings. The molecule has 0 aliphatic heterocycles. The van der Waals surface area contributed by atoms with Crippen LogP contribution in [0.25, 0.3) is 0 Å². The second-order valence-electron chi connectivity index (χ2n) is 0.834. The minimum Gasteiger partial charge on any atom is -0.447 e. The Hall–Kier alpha value is -0.540. The van der Waals surface area contributed by atoms with Gasteiger partial charge in [-0.3, -0.25) is 5.73 Å². The van der Waals surface area contributed by atoms with Crippen molar-refractivity contribution in [3.63, 3.8) is 0 Å². The number of ether oxygens (including phenoxy) is 1. The molecule has 0 bridgehead atoms.